The number of amides is 2. The summed E-state index contributed by atoms with van der Waals surface area (Å²) in [5.74, 6) is -1.25. The molecule has 26 heavy (non-hydrogen) atoms. The van der Waals surface area contributed by atoms with E-state index in [2.05, 4.69) is 5.32 Å². The summed E-state index contributed by atoms with van der Waals surface area (Å²) in [7, 11) is 0. The third-order valence-corrected chi connectivity index (χ3v) is 5.15. The number of benzene rings is 2. The van der Waals surface area contributed by atoms with Crippen LogP contribution >= 0.6 is 11.8 Å². The van der Waals surface area contributed by atoms with Crippen LogP contribution in [0.2, 0.25) is 0 Å². The van der Waals surface area contributed by atoms with Crippen molar-refractivity contribution in [3.8, 4) is 0 Å². The number of para-hydroxylation sites is 2. The molecule has 0 spiro atoms. The minimum Gasteiger partial charge on any atom is -0.478 e. The van der Waals surface area contributed by atoms with Gasteiger partial charge in [-0.2, -0.15) is 0 Å². The van der Waals surface area contributed by atoms with E-state index in [0.717, 1.165) is 0 Å². The number of hydrogen-bond donors (Lipinski definition) is 2. The summed E-state index contributed by atoms with van der Waals surface area (Å²) in [5, 5.41) is 12.1. The predicted molar refractivity (Wildman–Crippen MR) is 101 cm³/mol. The topological polar surface area (TPSA) is 86.7 Å². The highest BCUT2D eigenvalue weighted by atomic mass is 32.2. The highest BCUT2D eigenvalue weighted by Gasteiger charge is 2.29. The number of thioether (sulfide) groups is 1. The van der Waals surface area contributed by atoms with Crippen LogP contribution in [-0.2, 0) is 9.59 Å². The normalized spacial score (nSPS) is 16.4. The fraction of sp³-hybridized carbons (Fsp3) is 0.211. The summed E-state index contributed by atoms with van der Waals surface area (Å²) < 4.78 is 0. The average molecular weight is 370 g/mol. The van der Waals surface area contributed by atoms with Crippen LogP contribution in [0.4, 0.5) is 11.4 Å². The maximum atomic E-state index is 12.9. The second-order valence-electron chi connectivity index (χ2n) is 5.97. The van der Waals surface area contributed by atoms with E-state index in [-0.39, 0.29) is 35.6 Å². The Labute approximate surface area is 155 Å². The Morgan fingerprint density at radius 3 is 2.65 bits per heavy atom. The van der Waals surface area contributed by atoms with Crippen molar-refractivity contribution in [2.75, 3.05) is 16.0 Å². The van der Waals surface area contributed by atoms with E-state index >= 15 is 0 Å². The Hall–Kier alpha value is -2.80. The first-order valence-corrected chi connectivity index (χ1v) is 9.12. The summed E-state index contributed by atoms with van der Waals surface area (Å²) in [4.78, 5) is 38.4. The molecule has 0 saturated carbocycles. The maximum absolute atomic E-state index is 12.9. The Kier molecular flexibility index (Phi) is 5.27. The Balaban J connectivity index is 1.83. The molecule has 7 heteroatoms. The Morgan fingerprint density at radius 2 is 1.88 bits per heavy atom. The van der Waals surface area contributed by atoms with Gasteiger partial charge in [0.25, 0.3) is 0 Å². The van der Waals surface area contributed by atoms with Crippen LogP contribution in [-0.4, -0.2) is 34.7 Å². The van der Waals surface area contributed by atoms with Gasteiger partial charge in [0.05, 0.1) is 22.7 Å². The van der Waals surface area contributed by atoms with Gasteiger partial charge in [-0.3, -0.25) is 9.59 Å². The molecule has 2 N–H and O–H groups in total. The smallest absolute Gasteiger partial charge is 0.336 e. The average Bonchev–Trinajstić information content (AvgIpc) is 2.74. The molecule has 134 valence electrons. The molecule has 1 heterocycles. The quantitative estimate of drug-likeness (QED) is 0.807. The molecular weight excluding hydrogens is 352 g/mol. The highest BCUT2D eigenvalue weighted by Crippen LogP contribution is 2.32. The molecule has 0 aromatic heterocycles. The van der Waals surface area contributed by atoms with Crippen LogP contribution < -0.4 is 10.2 Å². The number of rotatable bonds is 4. The van der Waals surface area contributed by atoms with Crippen molar-refractivity contribution in [1.29, 1.82) is 0 Å². The van der Waals surface area contributed by atoms with E-state index in [1.807, 2.05) is 13.0 Å². The van der Waals surface area contributed by atoms with Crippen molar-refractivity contribution in [2.24, 2.45) is 0 Å². The second kappa shape index (κ2) is 7.61. The molecule has 3 rings (SSSR count). The van der Waals surface area contributed by atoms with E-state index in [1.54, 1.807) is 41.3 Å². The van der Waals surface area contributed by atoms with Gasteiger partial charge in [0.1, 0.15) is 0 Å². The zero-order chi connectivity index (χ0) is 18.7. The molecule has 0 radical (unpaired) electrons. The molecule has 1 unspecified atom stereocenters. The monoisotopic (exact) mass is 370 g/mol. The van der Waals surface area contributed by atoms with E-state index in [1.165, 1.54) is 17.8 Å². The third-order valence-electron chi connectivity index (χ3n) is 4.10. The van der Waals surface area contributed by atoms with Crippen LogP contribution in [0, 0.1) is 0 Å². The van der Waals surface area contributed by atoms with Crippen LogP contribution in [0.1, 0.15) is 23.7 Å². The lowest BCUT2D eigenvalue weighted by atomic mass is 10.2. The molecule has 2 aromatic rings. The first-order valence-electron chi connectivity index (χ1n) is 8.13. The van der Waals surface area contributed by atoms with Crippen LogP contribution in [0.3, 0.4) is 0 Å². The van der Waals surface area contributed by atoms with Gasteiger partial charge in [0.15, 0.2) is 0 Å². The first kappa shape index (κ1) is 18.0. The van der Waals surface area contributed by atoms with Crippen molar-refractivity contribution in [3.63, 3.8) is 0 Å². The second-order valence-corrected chi connectivity index (χ2v) is 6.99. The molecule has 6 nitrogen and oxygen atoms in total. The van der Waals surface area contributed by atoms with Gasteiger partial charge in [-0.1, -0.05) is 24.3 Å². The van der Waals surface area contributed by atoms with Crippen LogP contribution in [0.5, 0.6) is 0 Å². The molecule has 1 atom stereocenters. The van der Waals surface area contributed by atoms with E-state index in [4.69, 9.17) is 0 Å². The largest absolute Gasteiger partial charge is 0.478 e. The van der Waals surface area contributed by atoms with E-state index in [9.17, 15) is 19.5 Å². The van der Waals surface area contributed by atoms with Crippen molar-refractivity contribution >= 4 is 40.9 Å². The van der Waals surface area contributed by atoms with Gasteiger partial charge in [-0.15, -0.1) is 11.8 Å². The summed E-state index contributed by atoms with van der Waals surface area (Å²) >= 11 is 1.18. The Morgan fingerprint density at radius 1 is 1.19 bits per heavy atom. The molecule has 2 amide bonds. The standard InChI is InChI=1S/C19H18N2O4S/c1-12-10-17(22)20-14-7-3-4-8-15(14)21(12)18(23)11-26-16-9-5-2-6-13(16)19(24)25/h2-9,12H,10-11H2,1H3,(H,20,22)(H,24,25). The zero-order valence-corrected chi connectivity index (χ0v) is 15.0. The van der Waals surface area contributed by atoms with Gasteiger partial charge in [0, 0.05) is 17.4 Å². The fourth-order valence-electron chi connectivity index (χ4n) is 2.95. The lowest BCUT2D eigenvalue weighted by Crippen LogP contribution is -2.40. The molecule has 2 aromatic carbocycles. The van der Waals surface area contributed by atoms with Gasteiger partial charge < -0.3 is 15.3 Å². The summed E-state index contributed by atoms with van der Waals surface area (Å²) in [6.07, 6.45) is 0.205. The summed E-state index contributed by atoms with van der Waals surface area (Å²) in [6.45, 7) is 1.83. The SMILES string of the molecule is CC1CC(=O)Nc2ccccc2N1C(=O)CSc1ccccc1C(=O)O. The van der Waals surface area contributed by atoms with E-state index < -0.39 is 5.97 Å². The van der Waals surface area contributed by atoms with Crippen molar-refractivity contribution in [2.45, 2.75) is 24.3 Å². The van der Waals surface area contributed by atoms with Gasteiger partial charge in [0.2, 0.25) is 11.8 Å². The van der Waals surface area contributed by atoms with Gasteiger partial charge in [-0.05, 0) is 31.2 Å². The number of fused-ring (bicyclic) bond motifs is 1. The zero-order valence-electron chi connectivity index (χ0n) is 14.1. The number of carboxylic acids is 1. The minimum atomic E-state index is -1.02. The number of nitrogens with one attached hydrogen (secondary N) is 1. The van der Waals surface area contributed by atoms with Crippen molar-refractivity contribution < 1.29 is 19.5 Å². The number of carbonyl (C=O) groups excluding carboxylic acids is 2. The molecule has 0 saturated heterocycles. The molecule has 0 fully saturated rings. The lowest BCUT2D eigenvalue weighted by molar-refractivity contribution is -0.117. The van der Waals surface area contributed by atoms with Crippen LogP contribution in [0.15, 0.2) is 53.4 Å². The molecular formula is C19H18N2O4S. The van der Waals surface area contributed by atoms with Crippen molar-refractivity contribution in [3.05, 3.63) is 54.1 Å². The summed E-state index contributed by atoms with van der Waals surface area (Å²) in [5.41, 5.74) is 1.43. The fourth-order valence-corrected chi connectivity index (χ4v) is 3.85. The maximum Gasteiger partial charge on any atom is 0.336 e. The van der Waals surface area contributed by atoms with Crippen LogP contribution in [0.25, 0.3) is 0 Å². The molecule has 1 aliphatic heterocycles. The molecule has 0 bridgehead atoms. The van der Waals surface area contributed by atoms with Gasteiger partial charge >= 0.3 is 5.97 Å². The number of hydrogen-bond acceptors (Lipinski definition) is 4. The number of aromatic carboxylic acids is 1. The third kappa shape index (κ3) is 3.72. The number of carboxylic acid groups (broad SMARTS) is 1. The first-order chi connectivity index (χ1) is 12.5. The minimum absolute atomic E-state index is 0.0805. The molecule has 1 aliphatic rings. The number of carbonyl (C=O) groups is 3. The Bertz CT molecular complexity index is 868. The van der Waals surface area contributed by atoms with E-state index in [0.29, 0.717) is 16.3 Å². The van der Waals surface area contributed by atoms with Crippen molar-refractivity contribution in [1.82, 2.24) is 0 Å². The number of anilines is 2. The van der Waals surface area contributed by atoms with Gasteiger partial charge in [-0.25, -0.2) is 4.79 Å². The number of nitrogens with zero attached hydrogens (tertiary/aromatic N) is 1. The highest BCUT2D eigenvalue weighted by molar-refractivity contribution is 8.00. The lowest BCUT2D eigenvalue weighted by Gasteiger charge is -2.27. The molecule has 0 aliphatic carbocycles. The predicted octanol–water partition coefficient (Wildman–Crippen LogP) is 3.24. The summed E-state index contributed by atoms with van der Waals surface area (Å²) in [6, 6.07) is 13.5.